The fraction of sp³-hybridized carbons (Fsp3) is 0.556. The number of allylic oxidation sites excluding steroid dienone is 1. The minimum atomic E-state index is -4.25. The van der Waals surface area contributed by atoms with Crippen LogP contribution in [0.3, 0.4) is 0 Å². The summed E-state index contributed by atoms with van der Waals surface area (Å²) in [4.78, 5) is 0. The Bertz CT molecular complexity index is 621. The number of fused-ring (bicyclic) bond motifs is 3. The summed E-state index contributed by atoms with van der Waals surface area (Å²) in [5, 5.41) is 9.91. The summed E-state index contributed by atoms with van der Waals surface area (Å²) in [6, 6.07) is 5.39. The van der Waals surface area contributed by atoms with Crippen LogP contribution in [-0.2, 0) is 11.8 Å². The number of halogens is 3. The Hall–Kier alpha value is -1.49. The summed E-state index contributed by atoms with van der Waals surface area (Å²) in [7, 11) is 1.56. The van der Waals surface area contributed by atoms with E-state index in [1.165, 1.54) is 0 Å². The van der Waals surface area contributed by atoms with E-state index in [9.17, 15) is 18.3 Å². The van der Waals surface area contributed by atoms with Gasteiger partial charge in [-0.15, -0.1) is 0 Å². The Kier molecular flexibility index (Phi) is 4.17. The Morgan fingerprint density at radius 1 is 1.30 bits per heavy atom. The molecule has 2 unspecified atom stereocenters. The molecule has 2 atom stereocenters. The minimum Gasteiger partial charge on any atom is -0.497 e. The average molecular weight is 326 g/mol. The van der Waals surface area contributed by atoms with E-state index in [-0.39, 0.29) is 0 Å². The highest BCUT2D eigenvalue weighted by Gasteiger charge is 2.48. The van der Waals surface area contributed by atoms with Crippen molar-refractivity contribution in [2.75, 3.05) is 7.11 Å². The third-order valence-corrected chi connectivity index (χ3v) is 5.10. The van der Waals surface area contributed by atoms with Crippen molar-refractivity contribution in [2.24, 2.45) is 0 Å². The molecule has 0 aliphatic heterocycles. The molecule has 2 aliphatic rings. The molecular weight excluding hydrogens is 305 g/mol. The van der Waals surface area contributed by atoms with Gasteiger partial charge in [0, 0.05) is 5.41 Å². The molecule has 0 saturated carbocycles. The van der Waals surface area contributed by atoms with Crippen LogP contribution in [0.2, 0.25) is 0 Å². The fourth-order valence-electron chi connectivity index (χ4n) is 4.14. The van der Waals surface area contributed by atoms with Gasteiger partial charge in [-0.05, 0) is 55.4 Å². The Morgan fingerprint density at radius 3 is 2.78 bits per heavy atom. The van der Waals surface area contributed by atoms with Gasteiger partial charge >= 0.3 is 6.18 Å². The van der Waals surface area contributed by atoms with Crippen LogP contribution in [-0.4, -0.2) is 24.5 Å². The van der Waals surface area contributed by atoms with Gasteiger partial charge in [0.25, 0.3) is 0 Å². The van der Waals surface area contributed by atoms with Crippen LogP contribution in [0.4, 0.5) is 13.2 Å². The number of alkyl halides is 3. The first-order valence-corrected chi connectivity index (χ1v) is 7.97. The van der Waals surface area contributed by atoms with Gasteiger partial charge in [-0.1, -0.05) is 17.7 Å². The standard InChI is InChI=1S/C18H21F3O2/c1-23-15-5-6-16-12(9-15)3-2-4-13-10-14(22)7-8-17(13,16)11-18(19,20)21/h5-6,9-10,14,22H,2-4,7-8,11H2,1H3. The van der Waals surface area contributed by atoms with Crippen LogP contribution < -0.4 is 4.74 Å². The summed E-state index contributed by atoms with van der Waals surface area (Å²) >= 11 is 0. The molecular formula is C18H21F3O2. The number of ether oxygens (including phenoxy) is 1. The van der Waals surface area contributed by atoms with Crippen LogP contribution in [0.1, 0.15) is 43.2 Å². The van der Waals surface area contributed by atoms with Crippen molar-refractivity contribution in [3.63, 3.8) is 0 Å². The third-order valence-electron chi connectivity index (χ3n) is 5.10. The zero-order valence-corrected chi connectivity index (χ0v) is 13.1. The summed E-state index contributed by atoms with van der Waals surface area (Å²) in [6.07, 6.45) is -1.26. The number of methoxy groups -OCH3 is 1. The van der Waals surface area contributed by atoms with Gasteiger partial charge in [-0.2, -0.15) is 13.2 Å². The molecule has 0 bridgehead atoms. The molecule has 0 aromatic heterocycles. The van der Waals surface area contributed by atoms with E-state index in [4.69, 9.17) is 4.74 Å². The lowest BCUT2D eigenvalue weighted by Gasteiger charge is -2.41. The topological polar surface area (TPSA) is 29.5 Å². The summed E-state index contributed by atoms with van der Waals surface area (Å²) in [5.41, 5.74) is 1.41. The SMILES string of the molecule is COc1ccc2c(c1)CCCC1=CC(O)CCC12CC(F)(F)F. The van der Waals surface area contributed by atoms with E-state index < -0.39 is 24.1 Å². The number of benzene rings is 1. The predicted molar refractivity (Wildman–Crippen MR) is 81.6 cm³/mol. The molecule has 2 aliphatic carbocycles. The first kappa shape index (κ1) is 16.4. The van der Waals surface area contributed by atoms with Crippen molar-refractivity contribution in [1.29, 1.82) is 0 Å². The number of rotatable bonds is 2. The van der Waals surface area contributed by atoms with Gasteiger partial charge in [-0.25, -0.2) is 0 Å². The van der Waals surface area contributed by atoms with Crippen molar-refractivity contribution in [3.05, 3.63) is 41.0 Å². The summed E-state index contributed by atoms with van der Waals surface area (Å²) < 4.78 is 45.3. The molecule has 1 N–H and O–H groups in total. The van der Waals surface area contributed by atoms with Gasteiger partial charge < -0.3 is 9.84 Å². The highest BCUT2D eigenvalue weighted by Crippen LogP contribution is 2.52. The van der Waals surface area contributed by atoms with E-state index in [1.807, 2.05) is 6.07 Å². The molecule has 126 valence electrons. The van der Waals surface area contributed by atoms with Gasteiger partial charge in [0.2, 0.25) is 0 Å². The first-order valence-electron chi connectivity index (χ1n) is 7.97. The van der Waals surface area contributed by atoms with Crippen LogP contribution in [0.15, 0.2) is 29.8 Å². The van der Waals surface area contributed by atoms with Crippen molar-refractivity contribution in [1.82, 2.24) is 0 Å². The Labute approximate surface area is 134 Å². The molecule has 3 rings (SSSR count). The Morgan fingerprint density at radius 2 is 2.09 bits per heavy atom. The molecule has 0 fully saturated rings. The van der Waals surface area contributed by atoms with E-state index in [0.29, 0.717) is 25.0 Å². The van der Waals surface area contributed by atoms with Crippen LogP contribution in [0.25, 0.3) is 0 Å². The molecule has 0 spiro atoms. The second kappa shape index (κ2) is 5.86. The summed E-state index contributed by atoms with van der Waals surface area (Å²) in [5.74, 6) is 0.675. The van der Waals surface area contributed by atoms with Crippen molar-refractivity contribution in [3.8, 4) is 5.75 Å². The number of aryl methyl sites for hydroxylation is 1. The quantitative estimate of drug-likeness (QED) is 0.821. The van der Waals surface area contributed by atoms with Gasteiger partial charge in [-0.3, -0.25) is 0 Å². The van der Waals surface area contributed by atoms with Crippen LogP contribution >= 0.6 is 0 Å². The zero-order chi connectivity index (χ0) is 16.7. The number of aliphatic hydroxyl groups excluding tert-OH is 1. The van der Waals surface area contributed by atoms with E-state index in [0.717, 1.165) is 29.5 Å². The van der Waals surface area contributed by atoms with Gasteiger partial charge in [0.1, 0.15) is 5.75 Å². The number of aliphatic hydroxyl groups is 1. The normalized spacial score (nSPS) is 27.5. The molecule has 1 aromatic rings. The lowest BCUT2D eigenvalue weighted by atomic mass is 9.64. The molecule has 5 heteroatoms. The van der Waals surface area contributed by atoms with Crippen molar-refractivity contribution < 1.29 is 23.0 Å². The van der Waals surface area contributed by atoms with Crippen molar-refractivity contribution in [2.45, 2.75) is 56.2 Å². The highest BCUT2D eigenvalue weighted by molar-refractivity contribution is 5.48. The smallest absolute Gasteiger partial charge is 0.390 e. The Balaban J connectivity index is 2.17. The van der Waals surface area contributed by atoms with Crippen molar-refractivity contribution >= 4 is 0 Å². The molecule has 23 heavy (non-hydrogen) atoms. The van der Waals surface area contributed by atoms with E-state index >= 15 is 0 Å². The molecule has 0 radical (unpaired) electrons. The first-order chi connectivity index (χ1) is 10.8. The molecule has 2 nitrogen and oxygen atoms in total. The largest absolute Gasteiger partial charge is 0.497 e. The molecule has 0 heterocycles. The second-order valence-corrected chi connectivity index (χ2v) is 6.55. The number of hydrogen-bond acceptors (Lipinski definition) is 2. The molecule has 0 saturated heterocycles. The minimum absolute atomic E-state index is 0.332. The summed E-state index contributed by atoms with van der Waals surface area (Å²) in [6.45, 7) is 0. The van der Waals surface area contributed by atoms with Crippen LogP contribution in [0.5, 0.6) is 5.75 Å². The fourth-order valence-corrected chi connectivity index (χ4v) is 4.14. The predicted octanol–water partition coefficient (Wildman–Crippen LogP) is 4.30. The number of hydrogen-bond donors (Lipinski definition) is 1. The maximum Gasteiger partial charge on any atom is 0.390 e. The van der Waals surface area contributed by atoms with E-state index in [2.05, 4.69) is 0 Å². The average Bonchev–Trinajstić information content (AvgIpc) is 2.62. The van der Waals surface area contributed by atoms with Gasteiger partial charge in [0.05, 0.1) is 19.6 Å². The monoisotopic (exact) mass is 326 g/mol. The lowest BCUT2D eigenvalue weighted by molar-refractivity contribution is -0.147. The molecule has 1 aromatic carbocycles. The second-order valence-electron chi connectivity index (χ2n) is 6.55. The van der Waals surface area contributed by atoms with Gasteiger partial charge in [0.15, 0.2) is 0 Å². The third kappa shape index (κ3) is 3.11. The zero-order valence-electron chi connectivity index (χ0n) is 13.1. The van der Waals surface area contributed by atoms with E-state index in [1.54, 1.807) is 25.3 Å². The molecule has 0 amide bonds. The highest BCUT2D eigenvalue weighted by atomic mass is 19.4. The maximum absolute atomic E-state index is 13.4. The van der Waals surface area contributed by atoms with Crippen LogP contribution in [0, 0.1) is 0 Å². The lowest BCUT2D eigenvalue weighted by Crippen LogP contribution is -2.38. The maximum atomic E-state index is 13.4.